The van der Waals surface area contributed by atoms with Gasteiger partial charge in [-0.1, -0.05) is 20.3 Å². The molecule has 16 nitrogen and oxygen atoms in total. The van der Waals surface area contributed by atoms with Gasteiger partial charge in [0.2, 0.25) is 17.7 Å². The third-order valence-corrected chi connectivity index (χ3v) is 7.68. The number of hydrogen-bond donors (Lipinski definition) is 9. The number of rotatable bonds is 27. The Morgan fingerprint density at radius 1 is 0.565 bits per heavy atom. The molecule has 264 valence electrons. The monoisotopic (exact) mass is 653 g/mol. The average molecular weight is 654 g/mol. The third kappa shape index (κ3) is 19.6. The molecule has 3 amide bonds. The van der Waals surface area contributed by atoms with Crippen molar-refractivity contribution in [2.75, 3.05) is 26.2 Å². The highest BCUT2D eigenvalue weighted by Gasteiger charge is 2.30. The second kappa shape index (κ2) is 24.4. The van der Waals surface area contributed by atoms with Crippen LogP contribution in [0.2, 0.25) is 0 Å². The van der Waals surface area contributed by atoms with Gasteiger partial charge in [-0.15, -0.1) is 0 Å². The van der Waals surface area contributed by atoms with Gasteiger partial charge in [0.25, 0.3) is 0 Å². The summed E-state index contributed by atoms with van der Waals surface area (Å²) in [5.74, 6) is -3.97. The van der Waals surface area contributed by atoms with Crippen LogP contribution in [-0.4, -0.2) is 79.5 Å². The molecule has 0 aliphatic carbocycles. The normalized spacial score (nSPS) is 14.2. The van der Waals surface area contributed by atoms with E-state index in [1.807, 2.05) is 6.92 Å². The van der Waals surface area contributed by atoms with Crippen LogP contribution in [0.3, 0.4) is 0 Å². The lowest BCUT2D eigenvalue weighted by Gasteiger charge is -2.24. The molecule has 0 saturated carbocycles. The summed E-state index contributed by atoms with van der Waals surface area (Å²) in [5.41, 5.74) is 38.1. The van der Waals surface area contributed by atoms with Crippen molar-refractivity contribution < 1.29 is 24.0 Å². The molecule has 0 radical (unpaired) electrons. The molecule has 0 aromatic carbocycles. The molecule has 0 unspecified atom stereocenters. The number of carbonyl (C=O) groups is 5. The van der Waals surface area contributed by atoms with E-state index in [9.17, 15) is 24.0 Å². The summed E-state index contributed by atoms with van der Waals surface area (Å²) in [6.07, 6.45) is 5.05. The highest BCUT2D eigenvalue weighted by Crippen LogP contribution is 2.20. The Hall–Kier alpha value is -3.79. The van der Waals surface area contributed by atoms with Gasteiger partial charge >= 0.3 is 0 Å². The van der Waals surface area contributed by atoms with Crippen LogP contribution in [0.5, 0.6) is 0 Å². The molecule has 16 N–H and O–H groups in total. The quantitative estimate of drug-likeness (QED) is 0.0282. The molecular weight excluding hydrogens is 594 g/mol. The minimum Gasteiger partial charge on any atom is -0.370 e. The Labute approximate surface area is 272 Å². The van der Waals surface area contributed by atoms with Gasteiger partial charge < -0.3 is 50.8 Å². The van der Waals surface area contributed by atoms with Gasteiger partial charge in [-0.2, -0.15) is 0 Å². The van der Waals surface area contributed by atoms with E-state index in [0.29, 0.717) is 64.6 Å². The molecule has 0 aliphatic heterocycles. The topological polar surface area (TPSA) is 316 Å². The second-order valence-electron chi connectivity index (χ2n) is 11.8. The highest BCUT2D eigenvalue weighted by molar-refractivity contribution is 5.95. The number of primary amides is 1. The van der Waals surface area contributed by atoms with Gasteiger partial charge in [0.1, 0.15) is 11.8 Å². The van der Waals surface area contributed by atoms with Gasteiger partial charge in [0.05, 0.1) is 6.04 Å². The van der Waals surface area contributed by atoms with Crippen LogP contribution in [0, 0.1) is 17.8 Å². The lowest BCUT2D eigenvalue weighted by atomic mass is 9.88. The zero-order chi connectivity index (χ0) is 35.1. The summed E-state index contributed by atoms with van der Waals surface area (Å²) in [5, 5.41) is 5.44. The zero-order valence-corrected chi connectivity index (χ0v) is 27.7. The largest absolute Gasteiger partial charge is 0.370 e. The first-order valence-electron chi connectivity index (χ1n) is 16.2. The number of aliphatic imine (C=N–C) groups is 2. The average Bonchev–Trinajstić information content (AvgIpc) is 2.98. The summed E-state index contributed by atoms with van der Waals surface area (Å²) < 4.78 is 0. The molecule has 0 fully saturated rings. The van der Waals surface area contributed by atoms with Crippen LogP contribution in [0.1, 0.15) is 90.9 Å². The van der Waals surface area contributed by atoms with Gasteiger partial charge in [-0.25, -0.2) is 0 Å². The predicted molar refractivity (Wildman–Crippen MR) is 180 cm³/mol. The Kier molecular flexibility index (Phi) is 22.4. The summed E-state index contributed by atoms with van der Waals surface area (Å²) in [7, 11) is 0. The molecule has 16 heteroatoms. The fraction of sp³-hybridized carbons (Fsp3) is 0.767. The third-order valence-electron chi connectivity index (χ3n) is 7.68. The fourth-order valence-electron chi connectivity index (χ4n) is 4.81. The molecule has 0 aliphatic rings. The van der Waals surface area contributed by atoms with E-state index in [-0.39, 0.29) is 55.2 Å². The molecule has 0 spiro atoms. The lowest BCUT2D eigenvalue weighted by molar-refractivity contribution is -0.135. The van der Waals surface area contributed by atoms with Crippen molar-refractivity contribution >= 4 is 41.2 Å². The van der Waals surface area contributed by atoms with E-state index in [1.54, 1.807) is 6.92 Å². The smallest absolute Gasteiger partial charge is 0.240 e. The number of nitrogens with two attached hydrogens (primary N) is 7. The van der Waals surface area contributed by atoms with E-state index < -0.39 is 41.6 Å². The SMILES string of the molecule is C[C@H](CC(=O)[C@H](CCCCN)NC(=O)[C@H](CCCN=C(N)N)CC(=O)[C@@H](C)CCCCN)C(=O)N[C@@H](CCCN=C(N)N)C(N)=O. The number of guanidine groups is 2. The Morgan fingerprint density at radius 3 is 1.59 bits per heavy atom. The fourth-order valence-corrected chi connectivity index (χ4v) is 4.81. The van der Waals surface area contributed by atoms with E-state index in [1.165, 1.54) is 0 Å². The number of amides is 3. The van der Waals surface area contributed by atoms with Crippen molar-refractivity contribution in [3.63, 3.8) is 0 Å². The number of unbranched alkanes of at least 4 members (excludes halogenated alkanes) is 2. The molecule has 5 atom stereocenters. The lowest BCUT2D eigenvalue weighted by Crippen LogP contribution is -2.48. The highest BCUT2D eigenvalue weighted by atomic mass is 16.2. The minimum atomic E-state index is -0.964. The predicted octanol–water partition coefficient (Wildman–Crippen LogP) is -1.39. The first-order chi connectivity index (χ1) is 21.7. The molecule has 0 saturated heterocycles. The van der Waals surface area contributed by atoms with Gasteiger partial charge in [0.15, 0.2) is 17.7 Å². The Morgan fingerprint density at radius 2 is 1.07 bits per heavy atom. The van der Waals surface area contributed by atoms with Crippen molar-refractivity contribution in [2.24, 2.45) is 67.9 Å². The maximum absolute atomic E-state index is 13.5. The maximum Gasteiger partial charge on any atom is 0.240 e. The van der Waals surface area contributed by atoms with E-state index in [2.05, 4.69) is 20.6 Å². The number of ketones is 2. The van der Waals surface area contributed by atoms with Crippen molar-refractivity contribution in [2.45, 2.75) is 103 Å². The number of nitrogens with zero attached hydrogens (tertiary/aromatic N) is 2. The van der Waals surface area contributed by atoms with E-state index in [4.69, 9.17) is 40.1 Å². The summed E-state index contributed by atoms with van der Waals surface area (Å²) in [6.45, 7) is 4.90. The number of Topliss-reactive ketones (excluding diaryl/α,β-unsaturated/α-hetero) is 2. The van der Waals surface area contributed by atoms with Gasteiger partial charge in [-0.05, 0) is 70.9 Å². The Bertz CT molecular complexity index is 1010. The van der Waals surface area contributed by atoms with E-state index >= 15 is 0 Å². The summed E-state index contributed by atoms with van der Waals surface area (Å²) in [6, 6.07) is -1.85. The number of hydrogen-bond acceptors (Lipinski definition) is 9. The second-order valence-corrected chi connectivity index (χ2v) is 11.8. The van der Waals surface area contributed by atoms with E-state index in [0.717, 1.165) is 12.8 Å². The molecular formula is C30H59N11O5. The van der Waals surface area contributed by atoms with Crippen molar-refractivity contribution in [1.82, 2.24) is 10.6 Å². The maximum atomic E-state index is 13.5. The number of carbonyl (C=O) groups excluding carboxylic acids is 5. The standard InChI is InChI=1S/C30H59N11O5/c1-19(9-3-5-13-31)24(42)18-21(10-7-15-38-29(34)35)28(46)40-22(11-4-6-14-32)25(43)17-20(2)27(45)41-23(26(33)44)12-8-16-39-30(36)37/h19-23H,3-18,31-32H2,1-2H3,(H2,33,44)(H,40,46)(H,41,45)(H4,34,35,38)(H4,36,37,39)/t19-,20+,21+,22-,23-/m0/s1. The molecule has 0 aromatic rings. The van der Waals surface area contributed by atoms with Crippen LogP contribution in [0.4, 0.5) is 0 Å². The number of nitrogens with one attached hydrogen (secondary N) is 2. The minimum absolute atomic E-state index is 0.0116. The molecule has 0 heterocycles. The van der Waals surface area contributed by atoms with Crippen LogP contribution in [-0.2, 0) is 24.0 Å². The molecule has 0 aromatic heterocycles. The zero-order valence-electron chi connectivity index (χ0n) is 27.7. The first kappa shape index (κ1) is 42.2. The van der Waals surface area contributed by atoms with Gasteiger partial charge in [-0.3, -0.25) is 34.0 Å². The summed E-state index contributed by atoms with van der Waals surface area (Å²) in [4.78, 5) is 72.6. The van der Waals surface area contributed by atoms with Crippen molar-refractivity contribution in [3.05, 3.63) is 0 Å². The summed E-state index contributed by atoms with van der Waals surface area (Å²) >= 11 is 0. The molecule has 46 heavy (non-hydrogen) atoms. The Balaban J connectivity index is 5.62. The first-order valence-corrected chi connectivity index (χ1v) is 16.2. The molecule has 0 rings (SSSR count). The van der Waals surface area contributed by atoms with Crippen molar-refractivity contribution in [3.8, 4) is 0 Å². The molecule has 0 bridgehead atoms. The van der Waals surface area contributed by atoms with Crippen LogP contribution in [0.15, 0.2) is 9.98 Å². The van der Waals surface area contributed by atoms with Crippen LogP contribution < -0.4 is 50.8 Å². The van der Waals surface area contributed by atoms with Crippen LogP contribution >= 0.6 is 0 Å². The van der Waals surface area contributed by atoms with Crippen molar-refractivity contribution in [1.29, 1.82) is 0 Å². The van der Waals surface area contributed by atoms with Crippen LogP contribution in [0.25, 0.3) is 0 Å². The van der Waals surface area contributed by atoms with Gasteiger partial charge in [0, 0.05) is 43.7 Å².